The molecule has 0 unspecified atom stereocenters. The number of benzene rings is 1. The minimum atomic E-state index is -0.422. The van der Waals surface area contributed by atoms with E-state index in [0.717, 1.165) is 15.9 Å². The van der Waals surface area contributed by atoms with Gasteiger partial charge in [-0.3, -0.25) is 18.7 Å². The van der Waals surface area contributed by atoms with Gasteiger partial charge in [-0.15, -0.1) is 11.3 Å². The number of amides is 1. The van der Waals surface area contributed by atoms with Crippen LogP contribution in [0.4, 0.5) is 5.69 Å². The van der Waals surface area contributed by atoms with Crippen molar-refractivity contribution in [2.45, 2.75) is 0 Å². The molecule has 24 heavy (non-hydrogen) atoms. The number of rotatable bonds is 3. The molecule has 0 saturated heterocycles. The van der Waals surface area contributed by atoms with E-state index in [4.69, 9.17) is 4.74 Å². The molecule has 1 N–H and O–H groups in total. The molecule has 0 saturated carbocycles. The van der Waals surface area contributed by atoms with Gasteiger partial charge in [-0.2, -0.15) is 0 Å². The number of nitrogens with zero attached hydrogens (tertiary/aromatic N) is 2. The Kier molecular flexibility index (Phi) is 3.98. The molecular weight excluding hydrogens is 330 g/mol. The summed E-state index contributed by atoms with van der Waals surface area (Å²) in [4.78, 5) is 37.4. The van der Waals surface area contributed by atoms with Gasteiger partial charge in [0.05, 0.1) is 17.4 Å². The number of anilines is 1. The molecule has 0 atom stereocenters. The van der Waals surface area contributed by atoms with E-state index in [1.807, 2.05) is 0 Å². The Morgan fingerprint density at radius 3 is 2.62 bits per heavy atom. The largest absolute Gasteiger partial charge is 0.497 e. The van der Waals surface area contributed by atoms with Gasteiger partial charge in [0, 0.05) is 25.8 Å². The van der Waals surface area contributed by atoms with Gasteiger partial charge in [0.15, 0.2) is 0 Å². The first kappa shape index (κ1) is 16.0. The summed E-state index contributed by atoms with van der Waals surface area (Å²) in [7, 11) is 4.53. The lowest BCUT2D eigenvalue weighted by atomic mass is 10.3. The van der Waals surface area contributed by atoms with E-state index >= 15 is 0 Å². The Hall–Kier alpha value is -2.87. The number of methoxy groups -OCH3 is 1. The maximum atomic E-state index is 12.4. The molecule has 1 amide bonds. The van der Waals surface area contributed by atoms with E-state index < -0.39 is 11.2 Å². The summed E-state index contributed by atoms with van der Waals surface area (Å²) < 4.78 is 7.51. The number of aromatic nitrogens is 2. The summed E-state index contributed by atoms with van der Waals surface area (Å²) in [6.45, 7) is 0. The number of hydrogen-bond donors (Lipinski definition) is 1. The lowest BCUT2D eigenvalue weighted by Crippen LogP contribution is -2.36. The Labute approximate surface area is 140 Å². The highest BCUT2D eigenvalue weighted by Gasteiger charge is 2.16. The molecular formula is C16H15N3O4S. The van der Waals surface area contributed by atoms with Crippen LogP contribution in [0.5, 0.6) is 5.75 Å². The van der Waals surface area contributed by atoms with Gasteiger partial charge >= 0.3 is 5.69 Å². The smallest absolute Gasteiger partial charge is 0.331 e. The van der Waals surface area contributed by atoms with E-state index in [1.54, 1.807) is 38.4 Å². The average molecular weight is 345 g/mol. The van der Waals surface area contributed by atoms with E-state index in [9.17, 15) is 14.4 Å². The molecule has 0 aliphatic rings. The van der Waals surface area contributed by atoms with E-state index in [-0.39, 0.29) is 5.91 Å². The van der Waals surface area contributed by atoms with Crippen molar-refractivity contribution >= 4 is 33.1 Å². The molecule has 0 fully saturated rings. The zero-order valence-corrected chi connectivity index (χ0v) is 14.1. The Bertz CT molecular complexity index is 1060. The van der Waals surface area contributed by atoms with Crippen molar-refractivity contribution in [3.05, 3.63) is 56.0 Å². The van der Waals surface area contributed by atoms with Crippen LogP contribution in [0.25, 0.3) is 10.2 Å². The zero-order chi connectivity index (χ0) is 17.4. The number of carbonyl (C=O) groups excluding carboxylic acids is 1. The van der Waals surface area contributed by atoms with Gasteiger partial charge in [0.2, 0.25) is 0 Å². The van der Waals surface area contributed by atoms with Crippen molar-refractivity contribution < 1.29 is 9.53 Å². The molecule has 1 aromatic carbocycles. The number of ether oxygens (including phenoxy) is 1. The molecule has 0 aliphatic carbocycles. The van der Waals surface area contributed by atoms with Crippen molar-refractivity contribution in [2.24, 2.45) is 14.1 Å². The van der Waals surface area contributed by atoms with Crippen molar-refractivity contribution in [3.63, 3.8) is 0 Å². The molecule has 7 nitrogen and oxygen atoms in total. The molecule has 124 valence electrons. The summed E-state index contributed by atoms with van der Waals surface area (Å²) in [5.41, 5.74) is -0.252. The molecule has 0 radical (unpaired) electrons. The highest BCUT2D eigenvalue weighted by atomic mass is 32.1. The quantitative estimate of drug-likeness (QED) is 0.781. The fourth-order valence-electron chi connectivity index (χ4n) is 2.37. The molecule has 0 spiro atoms. The maximum absolute atomic E-state index is 12.4. The van der Waals surface area contributed by atoms with Crippen LogP contribution in [-0.4, -0.2) is 22.2 Å². The average Bonchev–Trinajstić information content (AvgIpc) is 3.04. The molecule has 3 aromatic rings. The molecule has 2 aromatic heterocycles. The Morgan fingerprint density at radius 1 is 1.17 bits per heavy atom. The van der Waals surface area contributed by atoms with Crippen LogP contribution < -0.4 is 21.3 Å². The third-order valence-electron chi connectivity index (χ3n) is 3.68. The van der Waals surface area contributed by atoms with Gasteiger partial charge in [0.25, 0.3) is 11.5 Å². The zero-order valence-electron chi connectivity index (χ0n) is 13.3. The number of hydrogen-bond acceptors (Lipinski definition) is 5. The predicted molar refractivity (Wildman–Crippen MR) is 93.3 cm³/mol. The van der Waals surface area contributed by atoms with Crippen molar-refractivity contribution in [3.8, 4) is 5.75 Å². The van der Waals surface area contributed by atoms with Gasteiger partial charge in [-0.25, -0.2) is 4.79 Å². The second kappa shape index (κ2) is 5.97. The van der Waals surface area contributed by atoms with Crippen LogP contribution in [0.3, 0.4) is 0 Å². The molecule has 2 heterocycles. The van der Waals surface area contributed by atoms with Crippen LogP contribution >= 0.6 is 11.3 Å². The number of thiophene rings is 1. The number of carbonyl (C=O) groups is 1. The topological polar surface area (TPSA) is 82.3 Å². The predicted octanol–water partition coefficient (Wildman–Crippen LogP) is 1.56. The molecule has 8 heteroatoms. The van der Waals surface area contributed by atoms with E-state index in [0.29, 0.717) is 26.5 Å². The lowest BCUT2D eigenvalue weighted by Gasteiger charge is -2.05. The third kappa shape index (κ3) is 2.61. The summed E-state index contributed by atoms with van der Waals surface area (Å²) >= 11 is 1.10. The normalized spacial score (nSPS) is 10.8. The van der Waals surface area contributed by atoms with Crippen LogP contribution in [0, 0.1) is 0 Å². The summed E-state index contributed by atoms with van der Waals surface area (Å²) in [6, 6.07) is 8.48. The first-order chi connectivity index (χ1) is 11.4. The SMILES string of the molecule is COc1cccc(NC(=O)c2cc3c(=O)n(C)c(=O)n(C)c3s2)c1. The maximum Gasteiger partial charge on any atom is 0.331 e. The molecule has 0 bridgehead atoms. The second-order valence-corrected chi connectivity index (χ2v) is 6.25. The van der Waals surface area contributed by atoms with Gasteiger partial charge in [-0.05, 0) is 18.2 Å². The Balaban J connectivity index is 2.02. The van der Waals surface area contributed by atoms with Gasteiger partial charge < -0.3 is 10.1 Å². The molecule has 0 aliphatic heterocycles. The highest BCUT2D eigenvalue weighted by molar-refractivity contribution is 7.20. The summed E-state index contributed by atoms with van der Waals surface area (Å²) in [5.74, 6) is 0.277. The number of nitrogens with one attached hydrogen (secondary N) is 1. The highest BCUT2D eigenvalue weighted by Crippen LogP contribution is 2.23. The third-order valence-corrected chi connectivity index (χ3v) is 4.89. The van der Waals surface area contributed by atoms with Gasteiger partial charge in [-0.1, -0.05) is 6.07 Å². The fraction of sp³-hybridized carbons (Fsp3) is 0.188. The standard InChI is InChI=1S/C16H15N3O4S/c1-18-14(21)11-8-12(24-15(11)19(2)16(18)22)13(20)17-9-5-4-6-10(7-9)23-3/h4-8H,1-3H3,(H,17,20). The lowest BCUT2D eigenvalue weighted by molar-refractivity contribution is 0.103. The number of fused-ring (bicyclic) bond motifs is 1. The monoisotopic (exact) mass is 345 g/mol. The fourth-order valence-corrected chi connectivity index (χ4v) is 3.37. The van der Waals surface area contributed by atoms with Gasteiger partial charge in [0.1, 0.15) is 10.6 Å². The van der Waals surface area contributed by atoms with E-state index in [2.05, 4.69) is 5.32 Å². The van der Waals surface area contributed by atoms with Crippen molar-refractivity contribution in [2.75, 3.05) is 12.4 Å². The minimum Gasteiger partial charge on any atom is -0.497 e. The molecule has 3 rings (SSSR count). The van der Waals surface area contributed by atoms with Crippen LogP contribution in [-0.2, 0) is 14.1 Å². The second-order valence-electron chi connectivity index (χ2n) is 5.22. The van der Waals surface area contributed by atoms with E-state index in [1.165, 1.54) is 17.7 Å². The minimum absolute atomic E-state index is 0.348. The van der Waals surface area contributed by atoms with Crippen molar-refractivity contribution in [1.82, 2.24) is 9.13 Å². The first-order valence-electron chi connectivity index (χ1n) is 7.07. The first-order valence-corrected chi connectivity index (χ1v) is 7.89. The summed E-state index contributed by atoms with van der Waals surface area (Å²) in [5, 5.41) is 3.10. The van der Waals surface area contributed by atoms with Crippen LogP contribution in [0.2, 0.25) is 0 Å². The van der Waals surface area contributed by atoms with Crippen LogP contribution in [0.15, 0.2) is 39.9 Å². The Morgan fingerprint density at radius 2 is 1.92 bits per heavy atom. The van der Waals surface area contributed by atoms with Crippen LogP contribution in [0.1, 0.15) is 9.67 Å². The number of aryl methyl sites for hydroxylation is 1. The van der Waals surface area contributed by atoms with Crippen molar-refractivity contribution in [1.29, 1.82) is 0 Å². The summed E-state index contributed by atoms with van der Waals surface area (Å²) in [6.07, 6.45) is 0.